The molecular formula is C9H8BrFO3. The van der Waals surface area contributed by atoms with Crippen LogP contribution in [0.4, 0.5) is 4.39 Å². The van der Waals surface area contributed by atoms with Crippen molar-refractivity contribution in [3.05, 3.63) is 29.1 Å². The van der Waals surface area contributed by atoms with Gasteiger partial charge in [0.05, 0.1) is 12.7 Å². The standard InChI is InChI=1S/C9H8BrFO3/c1-14-7-3-5(4-10)2-6(8(7)11)9(12)13/h2-3H,4H2,1H3,(H,12,13). The van der Waals surface area contributed by atoms with Crippen LogP contribution in [0.3, 0.4) is 0 Å². The number of methoxy groups -OCH3 is 1. The minimum absolute atomic E-state index is 0.0562. The molecule has 1 rings (SSSR count). The van der Waals surface area contributed by atoms with Crippen molar-refractivity contribution in [1.29, 1.82) is 0 Å². The molecule has 0 heterocycles. The fourth-order valence-electron chi connectivity index (χ4n) is 1.04. The molecule has 76 valence electrons. The Morgan fingerprint density at radius 1 is 1.64 bits per heavy atom. The molecule has 0 fully saturated rings. The monoisotopic (exact) mass is 262 g/mol. The second kappa shape index (κ2) is 4.41. The Bertz CT molecular complexity index is 365. The van der Waals surface area contributed by atoms with Gasteiger partial charge in [0.2, 0.25) is 0 Å². The van der Waals surface area contributed by atoms with E-state index in [0.29, 0.717) is 10.9 Å². The number of hydrogen-bond acceptors (Lipinski definition) is 2. The first-order valence-corrected chi connectivity index (χ1v) is 4.88. The molecule has 1 aromatic carbocycles. The normalized spacial score (nSPS) is 9.93. The van der Waals surface area contributed by atoms with Gasteiger partial charge in [0.25, 0.3) is 0 Å². The highest BCUT2D eigenvalue weighted by atomic mass is 79.9. The summed E-state index contributed by atoms with van der Waals surface area (Å²) < 4.78 is 18.0. The highest BCUT2D eigenvalue weighted by Gasteiger charge is 2.16. The lowest BCUT2D eigenvalue weighted by atomic mass is 10.1. The predicted octanol–water partition coefficient (Wildman–Crippen LogP) is 2.43. The van der Waals surface area contributed by atoms with Crippen LogP contribution in [0, 0.1) is 5.82 Å². The minimum Gasteiger partial charge on any atom is -0.494 e. The molecule has 0 unspecified atom stereocenters. The van der Waals surface area contributed by atoms with E-state index >= 15 is 0 Å². The predicted molar refractivity (Wildman–Crippen MR) is 52.5 cm³/mol. The van der Waals surface area contributed by atoms with Crippen molar-refractivity contribution in [3.63, 3.8) is 0 Å². The van der Waals surface area contributed by atoms with Crippen LogP contribution in [0.1, 0.15) is 15.9 Å². The van der Waals surface area contributed by atoms with Gasteiger partial charge < -0.3 is 9.84 Å². The third-order valence-corrected chi connectivity index (χ3v) is 2.35. The molecular weight excluding hydrogens is 255 g/mol. The van der Waals surface area contributed by atoms with Gasteiger partial charge in [0.15, 0.2) is 11.6 Å². The van der Waals surface area contributed by atoms with Crippen molar-refractivity contribution >= 4 is 21.9 Å². The molecule has 0 saturated carbocycles. The van der Waals surface area contributed by atoms with Gasteiger partial charge in [-0.1, -0.05) is 15.9 Å². The molecule has 3 nitrogen and oxygen atoms in total. The zero-order valence-corrected chi connectivity index (χ0v) is 8.97. The third-order valence-electron chi connectivity index (χ3n) is 1.70. The van der Waals surface area contributed by atoms with Gasteiger partial charge in [-0.15, -0.1) is 0 Å². The Morgan fingerprint density at radius 2 is 2.29 bits per heavy atom. The SMILES string of the molecule is COc1cc(CBr)cc(C(=O)O)c1F. The topological polar surface area (TPSA) is 46.5 Å². The molecule has 14 heavy (non-hydrogen) atoms. The minimum atomic E-state index is -1.30. The smallest absolute Gasteiger partial charge is 0.338 e. The van der Waals surface area contributed by atoms with E-state index in [1.807, 2.05) is 0 Å². The second-order valence-corrected chi connectivity index (χ2v) is 3.16. The van der Waals surface area contributed by atoms with E-state index in [0.717, 1.165) is 0 Å². The van der Waals surface area contributed by atoms with Gasteiger partial charge in [0, 0.05) is 5.33 Å². The van der Waals surface area contributed by atoms with Crippen molar-refractivity contribution in [2.45, 2.75) is 5.33 Å². The molecule has 0 bridgehead atoms. The number of carboxylic acid groups (broad SMARTS) is 1. The Kier molecular flexibility index (Phi) is 3.46. The van der Waals surface area contributed by atoms with Gasteiger partial charge in [-0.2, -0.15) is 0 Å². The molecule has 1 N–H and O–H groups in total. The summed E-state index contributed by atoms with van der Waals surface area (Å²) in [6.45, 7) is 0. The maximum atomic E-state index is 13.3. The van der Waals surface area contributed by atoms with Gasteiger partial charge in [-0.3, -0.25) is 0 Å². The lowest BCUT2D eigenvalue weighted by molar-refractivity contribution is 0.0691. The summed E-state index contributed by atoms with van der Waals surface area (Å²) >= 11 is 3.16. The van der Waals surface area contributed by atoms with E-state index in [2.05, 4.69) is 15.9 Å². The van der Waals surface area contributed by atoms with Gasteiger partial charge in [0.1, 0.15) is 0 Å². The first-order chi connectivity index (χ1) is 6.60. The fourth-order valence-corrected chi connectivity index (χ4v) is 1.36. The third kappa shape index (κ3) is 2.04. The molecule has 0 aliphatic rings. The highest BCUT2D eigenvalue weighted by molar-refractivity contribution is 9.08. The summed E-state index contributed by atoms with van der Waals surface area (Å²) in [5, 5.41) is 9.14. The maximum Gasteiger partial charge on any atom is 0.338 e. The average molecular weight is 263 g/mol. The maximum absolute atomic E-state index is 13.3. The number of carboxylic acids is 1. The number of rotatable bonds is 3. The van der Waals surface area contributed by atoms with E-state index in [1.165, 1.54) is 19.2 Å². The molecule has 0 aliphatic heterocycles. The van der Waals surface area contributed by atoms with Crippen LogP contribution in [-0.2, 0) is 5.33 Å². The number of benzene rings is 1. The Labute approximate surface area is 88.6 Å². The number of aromatic carboxylic acids is 1. The Hall–Kier alpha value is -1.10. The van der Waals surface area contributed by atoms with Gasteiger partial charge in [-0.25, -0.2) is 9.18 Å². The number of ether oxygens (including phenoxy) is 1. The van der Waals surface area contributed by atoms with E-state index in [1.54, 1.807) is 0 Å². The fraction of sp³-hybridized carbons (Fsp3) is 0.222. The van der Waals surface area contributed by atoms with Crippen LogP contribution in [0.2, 0.25) is 0 Å². The molecule has 0 amide bonds. The van der Waals surface area contributed by atoms with Crippen molar-refractivity contribution in [2.24, 2.45) is 0 Å². The largest absolute Gasteiger partial charge is 0.494 e. The summed E-state index contributed by atoms with van der Waals surface area (Å²) in [4.78, 5) is 10.6. The lowest BCUT2D eigenvalue weighted by Crippen LogP contribution is -2.03. The van der Waals surface area contributed by atoms with Crippen LogP contribution < -0.4 is 4.74 Å². The summed E-state index contributed by atoms with van der Waals surface area (Å²) in [5.41, 5.74) is 0.277. The van der Waals surface area contributed by atoms with E-state index in [9.17, 15) is 9.18 Å². The average Bonchev–Trinajstić information content (AvgIpc) is 2.17. The van der Waals surface area contributed by atoms with E-state index < -0.39 is 11.8 Å². The van der Waals surface area contributed by atoms with Gasteiger partial charge >= 0.3 is 5.97 Å². The summed E-state index contributed by atoms with van der Waals surface area (Å²) in [5.74, 6) is -2.20. The zero-order chi connectivity index (χ0) is 10.7. The van der Waals surface area contributed by atoms with Crippen molar-refractivity contribution in [3.8, 4) is 5.75 Å². The van der Waals surface area contributed by atoms with E-state index in [-0.39, 0.29) is 11.3 Å². The molecule has 5 heteroatoms. The highest BCUT2D eigenvalue weighted by Crippen LogP contribution is 2.24. The Balaban J connectivity index is 3.34. The first-order valence-electron chi connectivity index (χ1n) is 3.75. The van der Waals surface area contributed by atoms with Crippen LogP contribution in [-0.4, -0.2) is 18.2 Å². The number of halogens is 2. The van der Waals surface area contributed by atoms with Crippen LogP contribution >= 0.6 is 15.9 Å². The number of carbonyl (C=O) groups is 1. The van der Waals surface area contributed by atoms with Crippen molar-refractivity contribution < 1.29 is 19.0 Å². The van der Waals surface area contributed by atoms with Crippen molar-refractivity contribution in [2.75, 3.05) is 7.11 Å². The molecule has 0 spiro atoms. The Morgan fingerprint density at radius 3 is 2.71 bits per heavy atom. The molecule has 0 atom stereocenters. The molecule has 0 aliphatic carbocycles. The molecule has 0 saturated heterocycles. The van der Waals surface area contributed by atoms with E-state index in [4.69, 9.17) is 9.84 Å². The quantitative estimate of drug-likeness (QED) is 0.852. The summed E-state index contributed by atoms with van der Waals surface area (Å²) in [6, 6.07) is 2.73. The van der Waals surface area contributed by atoms with Gasteiger partial charge in [-0.05, 0) is 17.7 Å². The number of hydrogen-bond donors (Lipinski definition) is 1. The van der Waals surface area contributed by atoms with Crippen LogP contribution in [0.15, 0.2) is 12.1 Å². The number of alkyl halides is 1. The first kappa shape index (κ1) is 11.0. The summed E-state index contributed by atoms with van der Waals surface area (Å²) in [7, 11) is 1.29. The second-order valence-electron chi connectivity index (χ2n) is 2.60. The van der Waals surface area contributed by atoms with Crippen LogP contribution in [0.25, 0.3) is 0 Å². The molecule has 1 aromatic rings. The van der Waals surface area contributed by atoms with Crippen LogP contribution in [0.5, 0.6) is 5.75 Å². The van der Waals surface area contributed by atoms with Crippen molar-refractivity contribution in [1.82, 2.24) is 0 Å². The molecule has 0 aromatic heterocycles. The summed E-state index contributed by atoms with van der Waals surface area (Å²) in [6.07, 6.45) is 0. The lowest BCUT2D eigenvalue weighted by Gasteiger charge is -2.06. The zero-order valence-electron chi connectivity index (χ0n) is 7.38. The molecule has 0 radical (unpaired) electrons.